The molecule has 1 amide bonds. The maximum Gasteiger partial charge on any atom is 0.275 e. The zero-order valence-corrected chi connectivity index (χ0v) is 12.9. The summed E-state index contributed by atoms with van der Waals surface area (Å²) in [6.45, 7) is 1.43. The Hall–Kier alpha value is -2.48. The van der Waals surface area contributed by atoms with E-state index in [2.05, 4.69) is 15.1 Å². The summed E-state index contributed by atoms with van der Waals surface area (Å²) in [5.74, 6) is 0.458. The Kier molecular flexibility index (Phi) is 4.24. The molecule has 23 heavy (non-hydrogen) atoms. The van der Waals surface area contributed by atoms with Gasteiger partial charge in [-0.25, -0.2) is 4.98 Å². The Morgan fingerprint density at radius 3 is 3.09 bits per heavy atom. The van der Waals surface area contributed by atoms with Gasteiger partial charge >= 0.3 is 0 Å². The Bertz CT molecular complexity index is 648. The minimum atomic E-state index is -0.996. The van der Waals surface area contributed by atoms with E-state index in [9.17, 15) is 9.90 Å². The summed E-state index contributed by atoms with van der Waals surface area (Å²) in [6.07, 6.45) is 7.72. The molecular weight excluding hydrogens is 298 g/mol. The third-order valence-electron chi connectivity index (χ3n) is 3.96. The van der Waals surface area contributed by atoms with Crippen LogP contribution in [0.4, 0.5) is 5.82 Å². The molecule has 0 radical (unpaired) electrons. The van der Waals surface area contributed by atoms with Gasteiger partial charge in [0.1, 0.15) is 12.1 Å². The van der Waals surface area contributed by atoms with E-state index in [0.717, 1.165) is 18.8 Å². The average Bonchev–Trinajstić information content (AvgIpc) is 3.09. The predicted molar refractivity (Wildman–Crippen MR) is 81.9 cm³/mol. The molecule has 3 rings (SSSR count). The second-order valence-corrected chi connectivity index (χ2v) is 5.86. The first kappa shape index (κ1) is 15.4. The number of carbonyl (C=O) groups is 1. The SMILES string of the molecule is CN(C[C@]1(O)CCCN(c2cnccn2)C1)C(=O)c1ccon1. The lowest BCUT2D eigenvalue weighted by Crippen LogP contribution is -2.55. The summed E-state index contributed by atoms with van der Waals surface area (Å²) in [4.78, 5) is 24.0. The van der Waals surface area contributed by atoms with Crippen molar-refractivity contribution >= 4 is 11.7 Å². The normalized spacial score (nSPS) is 21.2. The third-order valence-corrected chi connectivity index (χ3v) is 3.96. The number of piperidine rings is 1. The fraction of sp³-hybridized carbons (Fsp3) is 0.467. The number of aliphatic hydroxyl groups is 1. The molecule has 1 N–H and O–H groups in total. The molecule has 122 valence electrons. The second-order valence-electron chi connectivity index (χ2n) is 5.86. The maximum atomic E-state index is 12.2. The molecule has 1 aliphatic heterocycles. The highest BCUT2D eigenvalue weighted by molar-refractivity contribution is 5.91. The zero-order valence-electron chi connectivity index (χ0n) is 12.9. The van der Waals surface area contributed by atoms with E-state index in [-0.39, 0.29) is 18.1 Å². The highest BCUT2D eigenvalue weighted by atomic mass is 16.5. The van der Waals surface area contributed by atoms with Gasteiger partial charge < -0.3 is 19.4 Å². The van der Waals surface area contributed by atoms with Crippen molar-refractivity contribution < 1.29 is 14.4 Å². The van der Waals surface area contributed by atoms with E-state index in [4.69, 9.17) is 4.52 Å². The molecule has 2 aromatic rings. The first-order valence-corrected chi connectivity index (χ1v) is 7.47. The van der Waals surface area contributed by atoms with Gasteiger partial charge in [0.2, 0.25) is 0 Å². The van der Waals surface area contributed by atoms with Gasteiger partial charge in [-0.3, -0.25) is 9.78 Å². The lowest BCUT2D eigenvalue weighted by Gasteiger charge is -2.41. The molecule has 0 aliphatic carbocycles. The van der Waals surface area contributed by atoms with Gasteiger partial charge in [-0.2, -0.15) is 0 Å². The number of carbonyl (C=O) groups excluding carboxylic acids is 1. The fourth-order valence-electron chi connectivity index (χ4n) is 2.92. The molecule has 1 fully saturated rings. The van der Waals surface area contributed by atoms with Gasteiger partial charge in [0.05, 0.1) is 18.3 Å². The Morgan fingerprint density at radius 1 is 1.52 bits per heavy atom. The number of hydrogen-bond acceptors (Lipinski definition) is 7. The summed E-state index contributed by atoms with van der Waals surface area (Å²) >= 11 is 0. The van der Waals surface area contributed by atoms with Gasteiger partial charge in [0.15, 0.2) is 5.69 Å². The van der Waals surface area contributed by atoms with Gasteiger partial charge in [-0.05, 0) is 12.8 Å². The van der Waals surface area contributed by atoms with Crippen LogP contribution in [-0.2, 0) is 0 Å². The van der Waals surface area contributed by atoms with Crippen molar-refractivity contribution in [2.75, 3.05) is 31.6 Å². The van der Waals surface area contributed by atoms with E-state index < -0.39 is 5.60 Å². The van der Waals surface area contributed by atoms with E-state index in [0.29, 0.717) is 13.0 Å². The van der Waals surface area contributed by atoms with Crippen molar-refractivity contribution in [3.8, 4) is 0 Å². The quantitative estimate of drug-likeness (QED) is 0.880. The third kappa shape index (κ3) is 3.48. The highest BCUT2D eigenvalue weighted by Gasteiger charge is 2.36. The van der Waals surface area contributed by atoms with Crippen LogP contribution in [0.5, 0.6) is 0 Å². The first-order valence-electron chi connectivity index (χ1n) is 7.47. The summed E-state index contributed by atoms with van der Waals surface area (Å²) in [5.41, 5.74) is -0.762. The summed E-state index contributed by atoms with van der Waals surface area (Å²) in [5, 5.41) is 14.5. The molecule has 0 bridgehead atoms. The van der Waals surface area contributed by atoms with Gasteiger partial charge in [0.25, 0.3) is 5.91 Å². The Morgan fingerprint density at radius 2 is 2.39 bits per heavy atom. The molecule has 3 heterocycles. The molecule has 8 nitrogen and oxygen atoms in total. The molecule has 8 heteroatoms. The number of rotatable bonds is 4. The standard InChI is InChI=1S/C15H19N5O3/c1-19(14(21)12-3-8-23-18-12)10-15(22)4-2-7-20(11-15)13-9-16-5-6-17-13/h3,5-6,8-9,22H,2,4,7,10-11H2,1H3/t15-/m1/s1. The van der Waals surface area contributed by atoms with Gasteiger partial charge in [-0.15, -0.1) is 0 Å². The van der Waals surface area contributed by atoms with Crippen LogP contribution in [0.3, 0.4) is 0 Å². The molecule has 0 saturated carbocycles. The van der Waals surface area contributed by atoms with E-state index >= 15 is 0 Å². The van der Waals surface area contributed by atoms with E-state index in [1.54, 1.807) is 25.6 Å². The smallest absolute Gasteiger partial charge is 0.275 e. The molecule has 1 aliphatic rings. The predicted octanol–water partition coefficient (Wildman–Crippen LogP) is 0.568. The van der Waals surface area contributed by atoms with E-state index in [1.807, 2.05) is 4.90 Å². The van der Waals surface area contributed by atoms with Crippen LogP contribution in [0.2, 0.25) is 0 Å². The summed E-state index contributed by atoms with van der Waals surface area (Å²) in [6, 6.07) is 1.51. The van der Waals surface area contributed by atoms with Crippen LogP contribution in [0.25, 0.3) is 0 Å². The van der Waals surface area contributed by atoms with Crippen molar-refractivity contribution in [1.29, 1.82) is 0 Å². The Labute approximate surface area is 133 Å². The minimum Gasteiger partial charge on any atom is -0.386 e. The van der Waals surface area contributed by atoms with Crippen LogP contribution >= 0.6 is 0 Å². The molecule has 0 spiro atoms. The van der Waals surface area contributed by atoms with Crippen LogP contribution in [-0.4, -0.2) is 63.3 Å². The van der Waals surface area contributed by atoms with Crippen LogP contribution in [0.15, 0.2) is 35.4 Å². The maximum absolute atomic E-state index is 12.2. The van der Waals surface area contributed by atoms with Crippen molar-refractivity contribution in [1.82, 2.24) is 20.0 Å². The molecule has 0 unspecified atom stereocenters. The molecule has 1 atom stereocenters. The highest BCUT2D eigenvalue weighted by Crippen LogP contribution is 2.25. The summed E-state index contributed by atoms with van der Waals surface area (Å²) in [7, 11) is 1.65. The first-order chi connectivity index (χ1) is 11.1. The van der Waals surface area contributed by atoms with Gasteiger partial charge in [0, 0.05) is 38.6 Å². The largest absolute Gasteiger partial charge is 0.386 e. The number of aromatic nitrogens is 3. The van der Waals surface area contributed by atoms with E-state index in [1.165, 1.54) is 17.2 Å². The lowest BCUT2D eigenvalue weighted by atomic mass is 9.92. The topological polar surface area (TPSA) is 95.6 Å². The average molecular weight is 317 g/mol. The van der Waals surface area contributed by atoms with Crippen molar-refractivity contribution in [3.05, 3.63) is 36.6 Å². The lowest BCUT2D eigenvalue weighted by molar-refractivity contribution is -0.000388. The number of nitrogens with zero attached hydrogens (tertiary/aromatic N) is 5. The number of amides is 1. The number of β-amino-alcohol motifs (C(OH)–C–C–N with tert-alkyl or cyclic N) is 1. The molecule has 0 aromatic carbocycles. The molecular formula is C15H19N5O3. The monoisotopic (exact) mass is 317 g/mol. The van der Waals surface area contributed by atoms with Crippen LogP contribution < -0.4 is 4.90 Å². The van der Waals surface area contributed by atoms with Crippen molar-refractivity contribution in [2.45, 2.75) is 18.4 Å². The van der Waals surface area contributed by atoms with Gasteiger partial charge in [-0.1, -0.05) is 5.16 Å². The van der Waals surface area contributed by atoms with Crippen LogP contribution in [0, 0.1) is 0 Å². The number of anilines is 1. The number of hydrogen-bond donors (Lipinski definition) is 1. The van der Waals surface area contributed by atoms with Crippen molar-refractivity contribution in [3.63, 3.8) is 0 Å². The number of likely N-dealkylation sites (N-methyl/N-ethyl adjacent to an activating group) is 1. The second kappa shape index (κ2) is 6.33. The Balaban J connectivity index is 1.67. The fourth-order valence-corrected chi connectivity index (χ4v) is 2.92. The molecule has 1 saturated heterocycles. The minimum absolute atomic E-state index is 0.218. The van der Waals surface area contributed by atoms with Crippen LogP contribution in [0.1, 0.15) is 23.3 Å². The zero-order chi connectivity index (χ0) is 16.3. The van der Waals surface area contributed by atoms with Crippen molar-refractivity contribution in [2.24, 2.45) is 0 Å². The summed E-state index contributed by atoms with van der Waals surface area (Å²) < 4.78 is 4.69. The molecule has 2 aromatic heterocycles.